The third-order valence-electron chi connectivity index (χ3n) is 19.6. The highest BCUT2D eigenvalue weighted by Gasteiger charge is 2.47. The van der Waals surface area contributed by atoms with Crippen molar-refractivity contribution in [1.82, 2.24) is 9.13 Å². The minimum atomic E-state index is -0.585. The van der Waals surface area contributed by atoms with Crippen LogP contribution in [0.3, 0.4) is 0 Å². The van der Waals surface area contributed by atoms with E-state index in [1.165, 1.54) is 161 Å². The second-order valence-corrected chi connectivity index (χ2v) is 24.7. The summed E-state index contributed by atoms with van der Waals surface area (Å²) in [5.74, 6) is 0. The third kappa shape index (κ3) is 8.86. The van der Waals surface area contributed by atoms with Gasteiger partial charge in [-0.2, -0.15) is 0 Å². The van der Waals surface area contributed by atoms with Crippen LogP contribution in [0.5, 0.6) is 0 Å². The van der Waals surface area contributed by atoms with E-state index in [4.69, 9.17) is 0 Å². The summed E-state index contributed by atoms with van der Waals surface area (Å²) in [6.07, 6.45) is 0. The molecule has 0 atom stereocenters. The van der Waals surface area contributed by atoms with Crippen molar-refractivity contribution in [3.8, 4) is 100 Å². The molecule has 17 aromatic rings. The number of fused-ring (bicyclic) bond motifs is 9. The van der Waals surface area contributed by atoms with E-state index in [0.29, 0.717) is 0 Å². The Morgan fingerprint density at radius 1 is 0.183 bits per heavy atom. The first kappa shape index (κ1) is 53.9. The summed E-state index contributed by atoms with van der Waals surface area (Å²) in [6, 6.07) is 135. The van der Waals surface area contributed by atoms with Crippen molar-refractivity contribution in [2.45, 2.75) is 5.41 Å². The minimum absolute atomic E-state index is 0.585. The van der Waals surface area contributed by atoms with E-state index in [9.17, 15) is 0 Å². The average Bonchev–Trinajstić information content (AvgIpc) is 1.58. The fourth-order valence-electron chi connectivity index (χ4n) is 15.4. The van der Waals surface area contributed by atoms with Gasteiger partial charge in [0.15, 0.2) is 0 Å². The van der Waals surface area contributed by atoms with Crippen molar-refractivity contribution in [3.63, 3.8) is 0 Å². The molecular weight excluding hydrogens is 1120 g/mol. The molecule has 0 saturated carbocycles. The van der Waals surface area contributed by atoms with Gasteiger partial charge in [0.05, 0.1) is 33.2 Å². The quantitative estimate of drug-likeness (QED) is 0.122. The van der Waals surface area contributed by atoms with Crippen LogP contribution in [-0.2, 0) is 5.41 Å². The zero-order valence-corrected chi connectivity index (χ0v) is 51.0. The highest BCUT2D eigenvalue weighted by molar-refractivity contribution is 6.13. The standard InChI is InChI=1S/C91H60N2/c1-3-22-61(23-4-1)67-26-19-29-72(56-67)75-32-7-13-38-83(75)91(84-39-14-8-34-77(84)78-35-9-15-40-85(78)91)73-30-20-27-68(57-73)64-48-44-62(45-49-64)63-46-50-65(51-47-63)69-28-21-31-74(58-69)92-87-42-17-11-36-79(87)81-59-70(52-54-89(81)92)71-53-55-90-82(60-71)80-37-12-18-43-88(80)93(90)86-41-16-10-33-76(86)66-24-5-2-6-25-66/h1-60H. The van der Waals surface area contributed by atoms with Crippen molar-refractivity contribution in [2.75, 3.05) is 0 Å². The molecule has 0 aliphatic heterocycles. The predicted molar refractivity (Wildman–Crippen MR) is 390 cm³/mol. The van der Waals surface area contributed by atoms with Crippen LogP contribution in [0.1, 0.15) is 22.3 Å². The number of benzene rings is 15. The maximum absolute atomic E-state index is 2.44. The average molecular weight is 1180 g/mol. The molecule has 0 amide bonds. The summed E-state index contributed by atoms with van der Waals surface area (Å²) in [4.78, 5) is 0. The number of hydrogen-bond donors (Lipinski definition) is 0. The van der Waals surface area contributed by atoms with Gasteiger partial charge < -0.3 is 9.13 Å². The molecule has 2 heterocycles. The normalized spacial score (nSPS) is 12.4. The summed E-state index contributed by atoms with van der Waals surface area (Å²) >= 11 is 0. The van der Waals surface area contributed by atoms with Gasteiger partial charge in [0.1, 0.15) is 0 Å². The molecule has 2 nitrogen and oxygen atoms in total. The van der Waals surface area contributed by atoms with Gasteiger partial charge in [0.2, 0.25) is 0 Å². The molecule has 93 heavy (non-hydrogen) atoms. The van der Waals surface area contributed by atoms with Crippen LogP contribution in [0.25, 0.3) is 144 Å². The Morgan fingerprint density at radius 3 is 1.15 bits per heavy atom. The molecule has 0 radical (unpaired) electrons. The third-order valence-corrected chi connectivity index (χ3v) is 19.6. The molecule has 0 spiro atoms. The van der Waals surface area contributed by atoms with Gasteiger partial charge in [-0.05, 0) is 172 Å². The highest BCUT2D eigenvalue weighted by Crippen LogP contribution is 2.58. The molecular formula is C91H60N2. The van der Waals surface area contributed by atoms with Gasteiger partial charge in [0, 0.05) is 32.8 Å². The molecule has 1 aliphatic carbocycles. The van der Waals surface area contributed by atoms with Crippen LogP contribution in [0.2, 0.25) is 0 Å². The summed E-state index contributed by atoms with van der Waals surface area (Å²) in [7, 11) is 0. The first-order valence-corrected chi connectivity index (χ1v) is 32.2. The Kier molecular flexibility index (Phi) is 12.8. The van der Waals surface area contributed by atoms with Crippen molar-refractivity contribution in [1.29, 1.82) is 0 Å². The zero-order chi connectivity index (χ0) is 61.4. The smallest absolute Gasteiger partial charge is 0.0719 e. The minimum Gasteiger partial charge on any atom is -0.309 e. The number of hydrogen-bond acceptors (Lipinski definition) is 0. The lowest BCUT2D eigenvalue weighted by Crippen LogP contribution is -2.29. The Bertz CT molecular complexity index is 5680. The molecule has 0 saturated heterocycles. The predicted octanol–water partition coefficient (Wildman–Crippen LogP) is 23.9. The summed E-state index contributed by atoms with van der Waals surface area (Å²) in [5.41, 5.74) is 30.8. The second kappa shape index (κ2) is 22.1. The molecule has 2 aromatic heterocycles. The summed E-state index contributed by atoms with van der Waals surface area (Å²) in [5, 5.41) is 4.94. The van der Waals surface area contributed by atoms with Gasteiger partial charge in [0.25, 0.3) is 0 Å². The van der Waals surface area contributed by atoms with Gasteiger partial charge in [-0.1, -0.05) is 297 Å². The van der Waals surface area contributed by atoms with Crippen LogP contribution < -0.4 is 0 Å². The van der Waals surface area contributed by atoms with Crippen molar-refractivity contribution < 1.29 is 0 Å². The van der Waals surface area contributed by atoms with E-state index in [0.717, 1.165) is 5.69 Å². The Labute approximate surface area is 541 Å². The monoisotopic (exact) mass is 1180 g/mol. The van der Waals surface area contributed by atoms with Crippen molar-refractivity contribution in [3.05, 3.63) is 386 Å². The molecule has 2 heteroatoms. The fourth-order valence-corrected chi connectivity index (χ4v) is 15.4. The Hall–Kier alpha value is -12.1. The highest BCUT2D eigenvalue weighted by atomic mass is 15.0. The number of aromatic nitrogens is 2. The largest absolute Gasteiger partial charge is 0.309 e. The molecule has 0 N–H and O–H groups in total. The lowest BCUT2D eigenvalue weighted by molar-refractivity contribution is 0.771. The SMILES string of the molecule is c1ccc(-c2cccc(-c3ccccc3C3(c4cccc(-c5ccc(-c6ccc(-c7cccc(-n8c9ccccc9c9cc(-c%10ccc%11c(c%10)c%10ccccc%10n%11-c%10ccccc%10-c%10ccccc%10)ccc98)c7)cc6)cc5)c4)c4ccccc4-c4ccccc43)c2)cc1. The van der Waals surface area contributed by atoms with Crippen molar-refractivity contribution in [2.24, 2.45) is 0 Å². The number of para-hydroxylation sites is 3. The topological polar surface area (TPSA) is 9.86 Å². The first-order chi connectivity index (χ1) is 46.1. The van der Waals surface area contributed by atoms with E-state index >= 15 is 0 Å². The number of nitrogens with zero attached hydrogens (tertiary/aromatic N) is 2. The maximum Gasteiger partial charge on any atom is 0.0719 e. The van der Waals surface area contributed by atoms with Gasteiger partial charge in [-0.15, -0.1) is 0 Å². The molecule has 434 valence electrons. The molecule has 0 bridgehead atoms. The van der Waals surface area contributed by atoms with Gasteiger partial charge in [-0.25, -0.2) is 0 Å². The van der Waals surface area contributed by atoms with Crippen molar-refractivity contribution >= 4 is 43.6 Å². The van der Waals surface area contributed by atoms with Gasteiger partial charge >= 0.3 is 0 Å². The van der Waals surface area contributed by atoms with Crippen LogP contribution in [0.15, 0.2) is 364 Å². The summed E-state index contributed by atoms with van der Waals surface area (Å²) in [6.45, 7) is 0. The molecule has 0 unspecified atom stereocenters. The van der Waals surface area contributed by atoms with E-state index in [1.54, 1.807) is 0 Å². The van der Waals surface area contributed by atoms with Crippen LogP contribution >= 0.6 is 0 Å². The van der Waals surface area contributed by atoms with E-state index in [1.807, 2.05) is 0 Å². The van der Waals surface area contributed by atoms with E-state index in [2.05, 4.69) is 373 Å². The lowest BCUT2D eigenvalue weighted by atomic mass is 9.65. The van der Waals surface area contributed by atoms with E-state index in [-0.39, 0.29) is 0 Å². The van der Waals surface area contributed by atoms with Crippen LogP contribution in [0.4, 0.5) is 0 Å². The molecule has 18 rings (SSSR count). The first-order valence-electron chi connectivity index (χ1n) is 32.2. The van der Waals surface area contributed by atoms with E-state index < -0.39 is 5.41 Å². The molecule has 0 fully saturated rings. The van der Waals surface area contributed by atoms with Crippen LogP contribution in [-0.4, -0.2) is 9.13 Å². The molecule has 15 aromatic carbocycles. The zero-order valence-electron chi connectivity index (χ0n) is 51.0. The van der Waals surface area contributed by atoms with Gasteiger partial charge in [-0.3, -0.25) is 0 Å². The number of rotatable bonds is 11. The summed E-state index contributed by atoms with van der Waals surface area (Å²) < 4.78 is 4.87. The van der Waals surface area contributed by atoms with Crippen LogP contribution in [0, 0.1) is 0 Å². The Morgan fingerprint density at radius 2 is 0.548 bits per heavy atom. The second-order valence-electron chi connectivity index (χ2n) is 24.7. The fraction of sp³-hybridized carbons (Fsp3) is 0.0110. The maximum atomic E-state index is 2.44. The molecule has 1 aliphatic rings. The lowest BCUT2D eigenvalue weighted by Gasteiger charge is -2.36. The Balaban J connectivity index is 0.654.